The molecule has 12 heteroatoms. The van der Waals surface area contributed by atoms with Crippen LogP contribution in [0, 0.1) is 19.3 Å². The van der Waals surface area contributed by atoms with Gasteiger partial charge >= 0.3 is 6.18 Å². The molecule has 0 fully saturated rings. The Labute approximate surface area is 188 Å². The van der Waals surface area contributed by atoms with Crippen LogP contribution in [0.1, 0.15) is 17.0 Å². The number of thioether (sulfide) groups is 1. The van der Waals surface area contributed by atoms with Crippen LogP contribution in [-0.4, -0.2) is 37.7 Å². The van der Waals surface area contributed by atoms with Crippen LogP contribution in [0.4, 0.5) is 13.2 Å². The minimum absolute atomic E-state index is 0.172. The summed E-state index contributed by atoms with van der Waals surface area (Å²) in [6.45, 7) is 3.61. The maximum absolute atomic E-state index is 13.0. The Morgan fingerprint density at radius 2 is 1.94 bits per heavy atom. The normalized spacial score (nSPS) is 17.9. The highest BCUT2D eigenvalue weighted by atomic mass is 35.5. The first kappa shape index (κ1) is 21.7. The Morgan fingerprint density at radius 3 is 2.61 bits per heavy atom. The minimum Gasteiger partial charge on any atom is -0.316 e. The molecule has 0 radical (unpaired) electrons. The van der Waals surface area contributed by atoms with Crippen molar-refractivity contribution in [1.82, 2.24) is 9.58 Å². The van der Waals surface area contributed by atoms with E-state index in [1.54, 1.807) is 31.2 Å². The van der Waals surface area contributed by atoms with Gasteiger partial charge in [0.25, 0.3) is 5.91 Å². The molecule has 1 amide bonds. The number of benzene rings is 1. The van der Waals surface area contributed by atoms with Gasteiger partial charge in [-0.15, -0.1) is 0 Å². The lowest BCUT2D eigenvalue weighted by Crippen LogP contribution is -2.35. The summed E-state index contributed by atoms with van der Waals surface area (Å²) in [7, 11) is 0. The average molecular weight is 486 g/mol. The second-order valence-corrected chi connectivity index (χ2v) is 8.40. The standard InChI is InChI=1S/C19H12Cl2F3N5OS/c1-8-6-10(9(2)28(8)13-5-3-4-12(20)14(13)21)7-11-15(25)29-18(26-16(11)30)31-17(27-29)19(22,23)24/h3-7,25H,1-2H3/b11-7-,25-15?. The van der Waals surface area contributed by atoms with Gasteiger partial charge in [-0.05, 0) is 55.4 Å². The molecular weight excluding hydrogens is 474 g/mol. The van der Waals surface area contributed by atoms with Crippen LogP contribution in [0.3, 0.4) is 0 Å². The number of aliphatic imine (C=N–C) groups is 1. The number of aryl methyl sites for hydroxylation is 1. The van der Waals surface area contributed by atoms with E-state index < -0.39 is 23.0 Å². The average Bonchev–Trinajstić information content (AvgIpc) is 3.23. The first-order valence-corrected chi connectivity index (χ1v) is 10.3. The molecule has 2 aliphatic rings. The number of hydrazone groups is 1. The van der Waals surface area contributed by atoms with Crippen molar-refractivity contribution in [2.45, 2.75) is 20.0 Å². The lowest BCUT2D eigenvalue weighted by molar-refractivity contribution is -0.114. The zero-order valence-corrected chi connectivity index (χ0v) is 18.2. The molecule has 31 heavy (non-hydrogen) atoms. The van der Waals surface area contributed by atoms with E-state index in [4.69, 9.17) is 28.6 Å². The number of fused-ring (bicyclic) bond motifs is 1. The van der Waals surface area contributed by atoms with E-state index in [1.165, 1.54) is 6.08 Å². The van der Waals surface area contributed by atoms with E-state index in [0.29, 0.717) is 32.0 Å². The molecule has 2 aliphatic heterocycles. The van der Waals surface area contributed by atoms with Gasteiger partial charge in [-0.2, -0.15) is 28.3 Å². The van der Waals surface area contributed by atoms with E-state index in [9.17, 15) is 18.0 Å². The van der Waals surface area contributed by atoms with Crippen molar-refractivity contribution in [2.24, 2.45) is 10.1 Å². The van der Waals surface area contributed by atoms with E-state index in [2.05, 4.69) is 10.1 Å². The third-order valence-electron chi connectivity index (χ3n) is 4.64. The minimum atomic E-state index is -4.70. The molecule has 4 rings (SSSR count). The topological polar surface area (TPSA) is 73.8 Å². The molecule has 1 aromatic heterocycles. The number of halogens is 5. The third kappa shape index (κ3) is 3.68. The van der Waals surface area contributed by atoms with Crippen molar-refractivity contribution in [3.05, 3.63) is 56.8 Å². The number of nitrogens with zero attached hydrogens (tertiary/aromatic N) is 4. The molecule has 2 aromatic rings. The Bertz CT molecular complexity index is 1250. The largest absolute Gasteiger partial charge is 0.441 e. The van der Waals surface area contributed by atoms with E-state index in [1.807, 2.05) is 11.5 Å². The number of carbonyl (C=O) groups excluding carboxylic acids is 1. The molecule has 1 N–H and O–H groups in total. The molecule has 0 bridgehead atoms. The lowest BCUT2D eigenvalue weighted by Gasteiger charge is -2.20. The highest BCUT2D eigenvalue weighted by Crippen LogP contribution is 2.36. The van der Waals surface area contributed by atoms with Crippen molar-refractivity contribution in [3.63, 3.8) is 0 Å². The van der Waals surface area contributed by atoms with E-state index in [-0.39, 0.29) is 22.5 Å². The summed E-state index contributed by atoms with van der Waals surface area (Å²) < 4.78 is 40.7. The Kier molecular flexibility index (Phi) is 5.27. The quantitative estimate of drug-likeness (QED) is 0.564. The number of carbonyl (C=O) groups is 1. The van der Waals surface area contributed by atoms with Crippen LogP contribution in [0.15, 0.2) is 39.9 Å². The fraction of sp³-hybridized carbons (Fsp3) is 0.158. The molecule has 0 saturated heterocycles. The fourth-order valence-electron chi connectivity index (χ4n) is 3.23. The van der Waals surface area contributed by atoms with Crippen LogP contribution in [0.5, 0.6) is 0 Å². The zero-order valence-electron chi connectivity index (χ0n) is 15.9. The predicted octanol–water partition coefficient (Wildman–Crippen LogP) is 5.58. The number of hydrogen-bond donors (Lipinski definition) is 1. The van der Waals surface area contributed by atoms with Crippen LogP contribution in [-0.2, 0) is 4.79 Å². The lowest BCUT2D eigenvalue weighted by atomic mass is 10.1. The summed E-state index contributed by atoms with van der Waals surface area (Å²) in [6, 6.07) is 6.96. The molecule has 1 aromatic carbocycles. The Morgan fingerprint density at radius 1 is 1.23 bits per heavy atom. The van der Waals surface area contributed by atoms with Crippen LogP contribution in [0.2, 0.25) is 10.0 Å². The van der Waals surface area contributed by atoms with Crippen LogP contribution in [0.25, 0.3) is 11.8 Å². The van der Waals surface area contributed by atoms with Gasteiger partial charge in [0.2, 0.25) is 10.2 Å². The Hall–Kier alpha value is -2.56. The van der Waals surface area contributed by atoms with Gasteiger partial charge < -0.3 is 4.57 Å². The third-order valence-corrected chi connectivity index (χ3v) is 6.40. The van der Waals surface area contributed by atoms with Gasteiger partial charge in [0.15, 0.2) is 5.84 Å². The second kappa shape index (κ2) is 7.54. The number of amides is 1. The van der Waals surface area contributed by atoms with Crippen molar-refractivity contribution in [2.75, 3.05) is 0 Å². The monoisotopic (exact) mass is 485 g/mol. The number of amidine groups is 2. The highest BCUT2D eigenvalue weighted by Gasteiger charge is 2.46. The summed E-state index contributed by atoms with van der Waals surface area (Å²) in [5.41, 5.74) is 2.51. The number of rotatable bonds is 2. The first-order valence-electron chi connectivity index (χ1n) is 8.69. The number of aromatic nitrogens is 1. The van der Waals surface area contributed by atoms with Crippen molar-refractivity contribution < 1.29 is 18.0 Å². The SMILES string of the molecule is Cc1cc(/C=C2/C(=N)N3N=C(C(F)(F)F)SC3=NC2=O)c(C)n1-c1cccc(Cl)c1Cl. The van der Waals surface area contributed by atoms with Crippen molar-refractivity contribution >= 4 is 63.0 Å². The molecule has 160 valence electrons. The van der Waals surface area contributed by atoms with Crippen LogP contribution >= 0.6 is 35.0 Å². The summed E-state index contributed by atoms with van der Waals surface area (Å²) in [6.07, 6.45) is -3.28. The van der Waals surface area contributed by atoms with Gasteiger partial charge in [0, 0.05) is 11.4 Å². The maximum atomic E-state index is 13.0. The molecular formula is C19H12Cl2F3N5OS. The van der Waals surface area contributed by atoms with Crippen molar-refractivity contribution in [3.8, 4) is 5.69 Å². The molecule has 3 heterocycles. The molecule has 0 saturated carbocycles. The summed E-state index contributed by atoms with van der Waals surface area (Å²) in [4.78, 5) is 16.1. The summed E-state index contributed by atoms with van der Waals surface area (Å²) in [5.74, 6) is -1.29. The maximum Gasteiger partial charge on any atom is 0.441 e. The molecule has 0 spiro atoms. The molecule has 0 atom stereocenters. The van der Waals surface area contributed by atoms with Gasteiger partial charge in [-0.3, -0.25) is 10.2 Å². The number of alkyl halides is 3. The zero-order chi connectivity index (χ0) is 22.7. The molecule has 6 nitrogen and oxygen atoms in total. The molecule has 0 aliphatic carbocycles. The number of nitrogens with one attached hydrogen (secondary N) is 1. The van der Waals surface area contributed by atoms with E-state index >= 15 is 0 Å². The highest BCUT2D eigenvalue weighted by molar-refractivity contribution is 8.27. The van der Waals surface area contributed by atoms with Gasteiger partial charge in [0.1, 0.15) is 0 Å². The van der Waals surface area contributed by atoms with Crippen LogP contribution < -0.4 is 0 Å². The fourth-order valence-corrected chi connectivity index (χ4v) is 4.37. The first-order chi connectivity index (χ1) is 14.5. The second-order valence-electron chi connectivity index (χ2n) is 6.66. The van der Waals surface area contributed by atoms with Gasteiger partial charge in [0.05, 0.1) is 21.3 Å². The van der Waals surface area contributed by atoms with Crippen molar-refractivity contribution in [1.29, 1.82) is 5.41 Å². The number of hydrogen-bond acceptors (Lipinski definition) is 4. The predicted molar refractivity (Wildman–Crippen MR) is 116 cm³/mol. The Balaban J connectivity index is 1.77. The van der Waals surface area contributed by atoms with Gasteiger partial charge in [-0.1, -0.05) is 29.3 Å². The smallest absolute Gasteiger partial charge is 0.316 e. The van der Waals surface area contributed by atoms with Gasteiger partial charge in [-0.25, -0.2) is 0 Å². The molecule has 0 unspecified atom stereocenters. The summed E-state index contributed by atoms with van der Waals surface area (Å²) in [5, 5.41) is 11.6. The van der Waals surface area contributed by atoms with E-state index in [0.717, 1.165) is 5.69 Å². The summed E-state index contributed by atoms with van der Waals surface area (Å²) >= 11 is 12.7.